The minimum absolute atomic E-state index is 0. The minimum atomic E-state index is 0. The highest BCUT2D eigenvalue weighted by Gasteiger charge is 2.33. The summed E-state index contributed by atoms with van der Waals surface area (Å²) in [4.78, 5) is 4.68. The summed E-state index contributed by atoms with van der Waals surface area (Å²) in [6.45, 7) is 6.92. The summed E-state index contributed by atoms with van der Waals surface area (Å²) in [5.74, 6) is 2.79. The summed E-state index contributed by atoms with van der Waals surface area (Å²) in [6.07, 6.45) is 3.27. The van der Waals surface area contributed by atoms with Crippen LogP contribution in [-0.2, 0) is 12.8 Å². The van der Waals surface area contributed by atoms with Gasteiger partial charge in [-0.25, -0.2) is 0 Å². The van der Waals surface area contributed by atoms with E-state index in [-0.39, 0.29) is 24.0 Å². The van der Waals surface area contributed by atoms with Crippen molar-refractivity contribution in [3.8, 4) is 5.75 Å². The Hall–Kier alpha value is -0.980. The average molecular weight is 415 g/mol. The maximum absolute atomic E-state index is 5.54. The number of benzene rings is 1. The molecule has 2 atom stereocenters. The van der Waals surface area contributed by atoms with Gasteiger partial charge in [-0.15, -0.1) is 24.0 Å². The van der Waals surface area contributed by atoms with Crippen molar-refractivity contribution >= 4 is 29.9 Å². The second kappa shape index (κ2) is 8.04. The van der Waals surface area contributed by atoms with E-state index in [9.17, 15) is 0 Å². The normalized spacial score (nSPS) is 22.4. The fourth-order valence-corrected chi connectivity index (χ4v) is 2.71. The highest BCUT2D eigenvalue weighted by atomic mass is 127. The number of halogens is 1. The van der Waals surface area contributed by atoms with Crippen molar-refractivity contribution in [2.75, 3.05) is 19.7 Å². The van der Waals surface area contributed by atoms with Gasteiger partial charge in [0.05, 0.1) is 6.61 Å². The Morgan fingerprint density at radius 2 is 2.23 bits per heavy atom. The van der Waals surface area contributed by atoms with E-state index < -0.39 is 0 Å². The number of nitrogens with zero attached hydrogens (tertiary/aromatic N) is 1. The number of hydrogen-bond donors (Lipinski definition) is 2. The van der Waals surface area contributed by atoms with Crippen LogP contribution in [0.2, 0.25) is 0 Å². The SMILES string of the molecule is CCNC(=NCCc1ccc2c(c1)CCO2)NC1CC1C.I. The third-order valence-corrected chi connectivity index (χ3v) is 4.20. The van der Waals surface area contributed by atoms with Crippen LogP contribution in [0.25, 0.3) is 0 Å². The van der Waals surface area contributed by atoms with E-state index >= 15 is 0 Å². The molecule has 1 saturated carbocycles. The monoisotopic (exact) mass is 415 g/mol. The molecule has 2 N–H and O–H groups in total. The van der Waals surface area contributed by atoms with Crippen molar-refractivity contribution in [3.05, 3.63) is 29.3 Å². The van der Waals surface area contributed by atoms with E-state index in [0.29, 0.717) is 6.04 Å². The van der Waals surface area contributed by atoms with Gasteiger partial charge in [-0.2, -0.15) is 0 Å². The van der Waals surface area contributed by atoms with Crippen LogP contribution in [0.3, 0.4) is 0 Å². The van der Waals surface area contributed by atoms with Gasteiger partial charge >= 0.3 is 0 Å². The summed E-state index contributed by atoms with van der Waals surface area (Å²) in [5.41, 5.74) is 2.69. The molecule has 0 spiro atoms. The molecular weight excluding hydrogens is 389 g/mol. The van der Waals surface area contributed by atoms with Crippen LogP contribution >= 0.6 is 24.0 Å². The molecule has 0 aromatic heterocycles. The van der Waals surface area contributed by atoms with Crippen molar-refractivity contribution in [1.29, 1.82) is 0 Å². The summed E-state index contributed by atoms with van der Waals surface area (Å²) >= 11 is 0. The first-order valence-corrected chi connectivity index (χ1v) is 8.05. The summed E-state index contributed by atoms with van der Waals surface area (Å²) in [6, 6.07) is 7.13. The van der Waals surface area contributed by atoms with Gasteiger partial charge in [-0.05, 0) is 42.9 Å². The smallest absolute Gasteiger partial charge is 0.191 e. The molecule has 1 aromatic rings. The van der Waals surface area contributed by atoms with Crippen LogP contribution in [0.1, 0.15) is 31.4 Å². The molecule has 1 aromatic carbocycles. The molecule has 122 valence electrons. The second-order valence-electron chi connectivity index (χ2n) is 6.02. The molecule has 5 heteroatoms. The maximum Gasteiger partial charge on any atom is 0.191 e. The third kappa shape index (κ3) is 4.51. The predicted octanol–water partition coefficient (Wildman–Crippen LogP) is 2.75. The zero-order valence-corrected chi connectivity index (χ0v) is 15.7. The molecule has 0 saturated heterocycles. The standard InChI is InChI=1S/C17H25N3O.HI/c1-3-18-17(20-15-10-12(15)2)19-8-6-13-4-5-16-14(11-13)7-9-21-16;/h4-5,11-12,15H,3,6-10H2,1-2H3,(H2,18,19,20);1H. The number of fused-ring (bicyclic) bond motifs is 1. The van der Waals surface area contributed by atoms with Gasteiger partial charge in [0.1, 0.15) is 5.75 Å². The lowest BCUT2D eigenvalue weighted by Crippen LogP contribution is -2.39. The molecule has 22 heavy (non-hydrogen) atoms. The van der Waals surface area contributed by atoms with Gasteiger partial charge < -0.3 is 15.4 Å². The maximum atomic E-state index is 5.54. The Morgan fingerprint density at radius 3 is 2.95 bits per heavy atom. The van der Waals surface area contributed by atoms with Crippen molar-refractivity contribution < 1.29 is 4.74 Å². The van der Waals surface area contributed by atoms with Crippen LogP contribution in [0, 0.1) is 5.92 Å². The average Bonchev–Trinajstić information content (AvgIpc) is 2.99. The highest BCUT2D eigenvalue weighted by molar-refractivity contribution is 14.0. The second-order valence-corrected chi connectivity index (χ2v) is 6.02. The molecule has 0 amide bonds. The molecular formula is C17H26IN3O. The first-order valence-electron chi connectivity index (χ1n) is 8.05. The highest BCUT2D eigenvalue weighted by Crippen LogP contribution is 2.28. The molecule has 3 rings (SSSR count). The Kier molecular flexibility index (Phi) is 6.35. The zero-order valence-electron chi connectivity index (χ0n) is 13.4. The van der Waals surface area contributed by atoms with Crippen molar-refractivity contribution in [1.82, 2.24) is 10.6 Å². The lowest BCUT2D eigenvalue weighted by molar-refractivity contribution is 0.357. The van der Waals surface area contributed by atoms with Crippen LogP contribution in [0.15, 0.2) is 23.2 Å². The van der Waals surface area contributed by atoms with Gasteiger partial charge in [0.15, 0.2) is 5.96 Å². The quantitative estimate of drug-likeness (QED) is 0.442. The molecule has 1 aliphatic carbocycles. The Bertz CT molecular complexity index is 533. The number of guanidine groups is 1. The number of rotatable bonds is 5. The zero-order chi connectivity index (χ0) is 14.7. The largest absolute Gasteiger partial charge is 0.493 e. The van der Waals surface area contributed by atoms with Crippen molar-refractivity contribution in [3.63, 3.8) is 0 Å². The molecule has 1 aliphatic heterocycles. The van der Waals surface area contributed by atoms with Gasteiger partial charge in [-0.1, -0.05) is 19.1 Å². The van der Waals surface area contributed by atoms with Gasteiger partial charge in [0, 0.05) is 25.6 Å². The molecule has 0 radical (unpaired) electrons. The lowest BCUT2D eigenvalue weighted by Gasteiger charge is -2.10. The topological polar surface area (TPSA) is 45.7 Å². The molecule has 1 fully saturated rings. The lowest BCUT2D eigenvalue weighted by atomic mass is 10.1. The molecule has 1 heterocycles. The number of hydrogen-bond acceptors (Lipinski definition) is 2. The first-order chi connectivity index (χ1) is 10.3. The summed E-state index contributed by atoms with van der Waals surface area (Å²) in [7, 11) is 0. The number of ether oxygens (including phenoxy) is 1. The van der Waals surface area contributed by atoms with Crippen LogP contribution in [0.5, 0.6) is 5.75 Å². The Balaban J connectivity index is 0.00000176. The fraction of sp³-hybridized carbons (Fsp3) is 0.588. The van der Waals surface area contributed by atoms with Gasteiger partial charge in [-0.3, -0.25) is 4.99 Å². The first kappa shape index (κ1) is 17.4. The fourth-order valence-electron chi connectivity index (χ4n) is 2.71. The molecule has 2 aliphatic rings. The van der Waals surface area contributed by atoms with Crippen molar-refractivity contribution in [2.45, 2.75) is 39.2 Å². The van der Waals surface area contributed by atoms with Crippen LogP contribution < -0.4 is 15.4 Å². The minimum Gasteiger partial charge on any atom is -0.493 e. The van der Waals surface area contributed by atoms with E-state index in [2.05, 4.69) is 47.7 Å². The Labute approximate surface area is 150 Å². The van der Waals surface area contributed by atoms with Crippen LogP contribution in [-0.4, -0.2) is 31.7 Å². The number of aliphatic imine (C=N–C) groups is 1. The molecule has 2 unspecified atom stereocenters. The van der Waals surface area contributed by atoms with Gasteiger partial charge in [0.25, 0.3) is 0 Å². The molecule has 0 bridgehead atoms. The van der Waals surface area contributed by atoms with E-state index in [1.54, 1.807) is 0 Å². The summed E-state index contributed by atoms with van der Waals surface area (Å²) in [5, 5.41) is 6.81. The summed E-state index contributed by atoms with van der Waals surface area (Å²) < 4.78 is 5.54. The van der Waals surface area contributed by atoms with E-state index in [0.717, 1.165) is 50.2 Å². The number of nitrogens with one attached hydrogen (secondary N) is 2. The Morgan fingerprint density at radius 1 is 1.41 bits per heavy atom. The predicted molar refractivity (Wildman–Crippen MR) is 101 cm³/mol. The van der Waals surface area contributed by atoms with Crippen LogP contribution in [0.4, 0.5) is 0 Å². The van der Waals surface area contributed by atoms with Crippen molar-refractivity contribution in [2.24, 2.45) is 10.9 Å². The van der Waals surface area contributed by atoms with E-state index in [4.69, 9.17) is 4.74 Å². The third-order valence-electron chi connectivity index (χ3n) is 4.20. The van der Waals surface area contributed by atoms with Gasteiger partial charge in [0.2, 0.25) is 0 Å². The van der Waals surface area contributed by atoms with E-state index in [1.165, 1.54) is 17.5 Å². The van der Waals surface area contributed by atoms with E-state index in [1.807, 2.05) is 0 Å². The molecule has 4 nitrogen and oxygen atoms in total.